The third-order valence-electron chi connectivity index (χ3n) is 6.38. The Morgan fingerprint density at radius 2 is 1.03 bits per heavy atom. The molecule has 0 amide bonds. The van der Waals surface area contributed by atoms with Crippen LogP contribution in [0.25, 0.3) is 33.6 Å². The molecule has 6 rings (SSSR count). The van der Waals surface area contributed by atoms with E-state index in [2.05, 4.69) is 10.6 Å². The maximum absolute atomic E-state index is 6.98. The Bertz CT molecular complexity index is 1330. The molecule has 2 N–H and O–H groups in total. The van der Waals surface area contributed by atoms with Gasteiger partial charge in [0, 0.05) is 59.6 Å². The number of ether oxygens (including phenoxy) is 2. The third kappa shape index (κ3) is 4.42. The van der Waals surface area contributed by atoms with Gasteiger partial charge in [0.05, 0.1) is 21.4 Å². The average molecular weight is 519 g/mol. The second-order valence-electron chi connectivity index (χ2n) is 8.71. The van der Waals surface area contributed by atoms with Gasteiger partial charge in [0.25, 0.3) is 0 Å². The minimum absolute atomic E-state index is 0.581. The zero-order valence-corrected chi connectivity index (χ0v) is 21.0. The predicted molar refractivity (Wildman–Crippen MR) is 143 cm³/mol. The smallest absolute Gasteiger partial charge is 0.218 e. The van der Waals surface area contributed by atoms with Crippen molar-refractivity contribution in [2.24, 2.45) is 0 Å². The number of pyridine rings is 2. The maximum Gasteiger partial charge on any atom is 0.218 e. The fraction of sp³-hybridized carbons (Fsp3) is 0.214. The van der Waals surface area contributed by atoms with E-state index in [9.17, 15) is 0 Å². The Labute approximate surface area is 219 Å². The van der Waals surface area contributed by atoms with Gasteiger partial charge in [-0.05, 0) is 12.1 Å². The van der Waals surface area contributed by atoms with Gasteiger partial charge < -0.3 is 20.1 Å². The predicted octanol–water partition coefficient (Wildman–Crippen LogP) is 5.75. The van der Waals surface area contributed by atoms with E-state index in [1.165, 1.54) is 0 Å². The largest absolute Gasteiger partial charge is 0.476 e. The number of hydrogen-bond donors (Lipinski definition) is 2. The highest BCUT2D eigenvalue weighted by atomic mass is 35.5. The summed E-state index contributed by atoms with van der Waals surface area (Å²) in [7, 11) is 0. The van der Waals surface area contributed by atoms with Crippen LogP contribution in [0.1, 0.15) is 11.1 Å². The molecule has 0 aliphatic carbocycles. The van der Waals surface area contributed by atoms with Crippen LogP contribution in [0, 0.1) is 0 Å². The molecule has 2 aliphatic heterocycles. The van der Waals surface area contributed by atoms with Gasteiger partial charge in [0.1, 0.15) is 13.2 Å². The number of nitrogens with zero attached hydrogens (tertiary/aromatic N) is 2. The molecule has 182 valence electrons. The molecule has 2 aromatic heterocycles. The molecule has 0 unspecified atom stereocenters. The van der Waals surface area contributed by atoms with Gasteiger partial charge in [-0.2, -0.15) is 0 Å². The first kappa shape index (κ1) is 23.3. The Hall–Kier alpha value is -3.16. The Balaban J connectivity index is 1.40. The van der Waals surface area contributed by atoms with Crippen molar-refractivity contribution in [2.45, 2.75) is 13.1 Å². The zero-order chi connectivity index (χ0) is 24.5. The van der Waals surface area contributed by atoms with Gasteiger partial charge in [-0.15, -0.1) is 0 Å². The molecule has 0 bridgehead atoms. The molecular weight excluding hydrogens is 495 g/mol. The van der Waals surface area contributed by atoms with Crippen molar-refractivity contribution in [1.82, 2.24) is 20.6 Å². The van der Waals surface area contributed by atoms with E-state index in [0.717, 1.165) is 70.9 Å². The van der Waals surface area contributed by atoms with Crippen LogP contribution < -0.4 is 20.1 Å². The van der Waals surface area contributed by atoms with E-state index in [4.69, 9.17) is 42.6 Å². The molecule has 0 saturated heterocycles. The van der Waals surface area contributed by atoms with Crippen LogP contribution >= 0.6 is 23.2 Å². The lowest BCUT2D eigenvalue weighted by Crippen LogP contribution is -2.16. The van der Waals surface area contributed by atoms with Gasteiger partial charge in [-0.3, -0.25) is 0 Å². The summed E-state index contributed by atoms with van der Waals surface area (Å²) < 4.78 is 11.7. The van der Waals surface area contributed by atoms with Crippen LogP contribution in [0.5, 0.6) is 11.8 Å². The summed E-state index contributed by atoms with van der Waals surface area (Å²) >= 11 is 14.0. The summed E-state index contributed by atoms with van der Waals surface area (Å²) in [5.41, 5.74) is 6.89. The second-order valence-corrected chi connectivity index (χ2v) is 9.46. The van der Waals surface area contributed by atoms with Gasteiger partial charge in [-0.25, -0.2) is 9.97 Å². The van der Waals surface area contributed by atoms with Crippen molar-refractivity contribution in [2.75, 3.05) is 26.3 Å². The van der Waals surface area contributed by atoms with Crippen molar-refractivity contribution in [3.05, 3.63) is 81.8 Å². The topological polar surface area (TPSA) is 68.3 Å². The molecule has 2 aliphatic rings. The molecular formula is C28H24Cl2N4O2. The highest BCUT2D eigenvalue weighted by molar-refractivity contribution is 6.39. The van der Waals surface area contributed by atoms with Crippen molar-refractivity contribution in [3.63, 3.8) is 0 Å². The summed E-state index contributed by atoms with van der Waals surface area (Å²) in [5, 5.41) is 7.82. The number of nitrogens with one attached hydrogen (secondary N) is 2. The van der Waals surface area contributed by atoms with Crippen molar-refractivity contribution >= 4 is 23.2 Å². The normalized spacial score (nSPS) is 15.1. The first-order valence-corrected chi connectivity index (χ1v) is 12.7. The molecule has 0 spiro atoms. The number of benzene rings is 2. The molecule has 6 nitrogen and oxygen atoms in total. The van der Waals surface area contributed by atoms with Crippen LogP contribution in [0.3, 0.4) is 0 Å². The van der Waals surface area contributed by atoms with Crippen LogP contribution in [0.2, 0.25) is 10.0 Å². The van der Waals surface area contributed by atoms with E-state index >= 15 is 0 Å². The Morgan fingerprint density at radius 3 is 1.50 bits per heavy atom. The quantitative estimate of drug-likeness (QED) is 0.360. The molecule has 4 aromatic rings. The van der Waals surface area contributed by atoms with E-state index in [1.807, 2.05) is 60.7 Å². The van der Waals surface area contributed by atoms with Gasteiger partial charge in [0.2, 0.25) is 11.8 Å². The molecule has 2 aromatic carbocycles. The Kier molecular flexibility index (Phi) is 6.50. The van der Waals surface area contributed by atoms with Crippen LogP contribution in [0.4, 0.5) is 0 Å². The first-order chi connectivity index (χ1) is 17.7. The van der Waals surface area contributed by atoms with Gasteiger partial charge in [-0.1, -0.05) is 71.7 Å². The molecule has 0 saturated carbocycles. The van der Waals surface area contributed by atoms with E-state index in [1.54, 1.807) is 0 Å². The monoisotopic (exact) mass is 518 g/mol. The molecule has 0 radical (unpaired) electrons. The summed E-state index contributed by atoms with van der Waals surface area (Å²) in [6.45, 7) is 4.21. The van der Waals surface area contributed by atoms with Crippen LogP contribution in [-0.4, -0.2) is 36.3 Å². The molecule has 0 atom stereocenters. The van der Waals surface area contributed by atoms with Crippen LogP contribution in [-0.2, 0) is 13.1 Å². The number of halogens is 2. The molecule has 8 heteroatoms. The molecule has 4 heterocycles. The van der Waals surface area contributed by atoms with Gasteiger partial charge >= 0.3 is 0 Å². The first-order valence-electron chi connectivity index (χ1n) is 11.9. The zero-order valence-electron chi connectivity index (χ0n) is 19.5. The molecule has 0 fully saturated rings. The minimum Gasteiger partial charge on any atom is -0.476 e. The lowest BCUT2D eigenvalue weighted by Gasteiger charge is -2.15. The highest BCUT2D eigenvalue weighted by Crippen LogP contribution is 2.42. The fourth-order valence-electron chi connectivity index (χ4n) is 4.52. The average Bonchev–Trinajstić information content (AvgIpc) is 3.29. The number of hydrogen-bond acceptors (Lipinski definition) is 6. The van der Waals surface area contributed by atoms with E-state index in [0.29, 0.717) is 35.0 Å². The Morgan fingerprint density at radius 1 is 0.583 bits per heavy atom. The third-order valence-corrected chi connectivity index (χ3v) is 7.20. The summed E-state index contributed by atoms with van der Waals surface area (Å²) in [6.07, 6.45) is 0. The lowest BCUT2D eigenvalue weighted by atomic mass is 9.98. The summed E-state index contributed by atoms with van der Waals surface area (Å²) in [4.78, 5) is 9.53. The summed E-state index contributed by atoms with van der Waals surface area (Å²) in [5.74, 6) is 1.29. The lowest BCUT2D eigenvalue weighted by molar-refractivity contribution is 0.314. The van der Waals surface area contributed by atoms with E-state index < -0.39 is 0 Å². The fourth-order valence-corrected chi connectivity index (χ4v) is 5.17. The maximum atomic E-state index is 6.98. The number of fused-ring (bicyclic) bond motifs is 2. The van der Waals surface area contributed by atoms with Crippen molar-refractivity contribution in [1.29, 1.82) is 0 Å². The second kappa shape index (κ2) is 10.1. The molecule has 36 heavy (non-hydrogen) atoms. The summed E-state index contributed by atoms with van der Waals surface area (Å²) in [6, 6.07) is 19.8. The van der Waals surface area contributed by atoms with Crippen LogP contribution in [0.15, 0.2) is 60.7 Å². The van der Waals surface area contributed by atoms with Crippen molar-refractivity contribution in [3.8, 4) is 45.4 Å². The van der Waals surface area contributed by atoms with Crippen molar-refractivity contribution < 1.29 is 9.47 Å². The SMILES string of the molecule is Clc1c(-c2ccc3c(n2)OCCNC3)cccc1-c1cccc(-c2ccc3c(n2)OCCNC3)c1Cl. The number of aromatic nitrogens is 2. The highest BCUT2D eigenvalue weighted by Gasteiger charge is 2.19. The van der Waals surface area contributed by atoms with Gasteiger partial charge in [0.15, 0.2) is 0 Å². The standard InChI is InChI=1S/C28H24Cl2N4O2/c29-25-19(3-1-5-21(25)23-9-7-17-15-31-11-13-35-27(17)33-23)20-4-2-6-22(26(20)30)24-10-8-18-16-32-12-14-36-28(18)34-24/h1-10,31-32H,11-16H2. The minimum atomic E-state index is 0.581. The number of rotatable bonds is 3. The van der Waals surface area contributed by atoms with E-state index in [-0.39, 0.29) is 0 Å².